The van der Waals surface area contributed by atoms with Crippen molar-refractivity contribution in [1.82, 2.24) is 9.88 Å². The Morgan fingerprint density at radius 3 is 2.67 bits per heavy atom. The van der Waals surface area contributed by atoms with E-state index in [4.69, 9.17) is 4.74 Å². The Labute approximate surface area is 161 Å². The molecular formula is C20H21N3O3S. The molecular weight excluding hydrogens is 362 g/mol. The second-order valence-corrected chi connectivity index (χ2v) is 7.34. The Kier molecular flexibility index (Phi) is 6.16. The predicted octanol–water partition coefficient (Wildman–Crippen LogP) is 3.33. The maximum absolute atomic E-state index is 13.0. The van der Waals surface area contributed by atoms with Gasteiger partial charge in [-0.3, -0.25) is 9.59 Å². The summed E-state index contributed by atoms with van der Waals surface area (Å²) in [6.45, 7) is 2.53. The van der Waals surface area contributed by atoms with Crippen LogP contribution in [0.25, 0.3) is 10.8 Å². The van der Waals surface area contributed by atoms with E-state index < -0.39 is 0 Å². The molecule has 1 N–H and O–H groups in total. The second kappa shape index (κ2) is 8.75. The molecule has 6 nitrogen and oxygen atoms in total. The monoisotopic (exact) mass is 383 g/mol. The van der Waals surface area contributed by atoms with Crippen molar-refractivity contribution in [3.63, 3.8) is 0 Å². The number of amides is 2. The van der Waals surface area contributed by atoms with E-state index in [-0.39, 0.29) is 18.4 Å². The summed E-state index contributed by atoms with van der Waals surface area (Å²) in [7, 11) is 1.57. The fourth-order valence-corrected chi connectivity index (χ4v) is 3.38. The number of thiazole rings is 1. The molecule has 0 spiro atoms. The fraction of sp³-hybridized carbons (Fsp3) is 0.250. The number of carbonyl (C=O) groups is 2. The lowest BCUT2D eigenvalue weighted by atomic mass is 10.1. The zero-order valence-electron chi connectivity index (χ0n) is 15.3. The zero-order chi connectivity index (χ0) is 19.2. The van der Waals surface area contributed by atoms with Gasteiger partial charge in [0.15, 0.2) is 5.13 Å². The van der Waals surface area contributed by atoms with Gasteiger partial charge < -0.3 is 15.0 Å². The molecule has 0 aliphatic rings. The molecule has 0 aliphatic carbocycles. The number of fused-ring (bicyclic) bond motifs is 1. The number of aryl methyl sites for hydroxylation is 1. The standard InChI is InChI=1S/C20H21N3O3S/c1-14-12-21-20(27-14)22-18(24)13-23(9-10-26-2)19(25)17-8-7-15-5-3-4-6-16(15)11-17/h3-8,11-12H,9-10,13H2,1-2H3,(H,21,22,24). The Hall–Kier alpha value is -2.77. The molecule has 7 heteroatoms. The maximum atomic E-state index is 13.0. The molecule has 1 heterocycles. The van der Waals surface area contributed by atoms with E-state index in [9.17, 15) is 9.59 Å². The average molecular weight is 383 g/mol. The van der Waals surface area contributed by atoms with Crippen LogP contribution in [-0.4, -0.2) is 48.5 Å². The minimum atomic E-state index is -0.283. The highest BCUT2D eigenvalue weighted by Gasteiger charge is 2.19. The minimum absolute atomic E-state index is 0.0619. The van der Waals surface area contributed by atoms with Crippen molar-refractivity contribution in [2.45, 2.75) is 6.92 Å². The molecule has 2 amide bonds. The molecule has 27 heavy (non-hydrogen) atoms. The highest BCUT2D eigenvalue weighted by molar-refractivity contribution is 7.15. The molecule has 0 unspecified atom stereocenters. The van der Waals surface area contributed by atoms with E-state index in [1.54, 1.807) is 19.4 Å². The number of benzene rings is 2. The number of anilines is 1. The minimum Gasteiger partial charge on any atom is -0.383 e. The number of carbonyl (C=O) groups excluding carboxylic acids is 2. The third-order valence-corrected chi connectivity index (χ3v) is 4.88. The van der Waals surface area contributed by atoms with Crippen LogP contribution < -0.4 is 5.32 Å². The molecule has 0 bridgehead atoms. The van der Waals surface area contributed by atoms with Crippen LogP contribution in [0.2, 0.25) is 0 Å². The first-order valence-electron chi connectivity index (χ1n) is 8.56. The van der Waals surface area contributed by atoms with Crippen molar-refractivity contribution < 1.29 is 14.3 Å². The van der Waals surface area contributed by atoms with Crippen molar-refractivity contribution in [1.29, 1.82) is 0 Å². The molecule has 140 valence electrons. The lowest BCUT2D eigenvalue weighted by molar-refractivity contribution is -0.117. The zero-order valence-corrected chi connectivity index (χ0v) is 16.1. The molecule has 0 saturated carbocycles. The van der Waals surface area contributed by atoms with Crippen LogP contribution in [0.4, 0.5) is 5.13 Å². The van der Waals surface area contributed by atoms with Crippen molar-refractivity contribution in [2.75, 3.05) is 32.1 Å². The van der Waals surface area contributed by atoms with Gasteiger partial charge in [-0.25, -0.2) is 4.98 Å². The SMILES string of the molecule is COCCN(CC(=O)Nc1ncc(C)s1)C(=O)c1ccc2ccccc2c1. The molecule has 0 fully saturated rings. The van der Waals surface area contributed by atoms with Gasteiger partial charge in [0.25, 0.3) is 5.91 Å². The number of ether oxygens (including phenoxy) is 1. The van der Waals surface area contributed by atoms with Gasteiger partial charge >= 0.3 is 0 Å². The lowest BCUT2D eigenvalue weighted by Crippen LogP contribution is -2.40. The van der Waals surface area contributed by atoms with E-state index in [0.717, 1.165) is 15.6 Å². The maximum Gasteiger partial charge on any atom is 0.254 e. The summed E-state index contributed by atoms with van der Waals surface area (Å²) in [5.41, 5.74) is 0.544. The average Bonchev–Trinajstić information content (AvgIpc) is 3.08. The molecule has 2 aromatic carbocycles. The number of nitrogens with one attached hydrogen (secondary N) is 1. The normalized spacial score (nSPS) is 10.7. The first-order valence-corrected chi connectivity index (χ1v) is 9.38. The lowest BCUT2D eigenvalue weighted by Gasteiger charge is -2.22. The third-order valence-electron chi connectivity index (χ3n) is 4.05. The van der Waals surface area contributed by atoms with Crippen LogP contribution in [0.15, 0.2) is 48.7 Å². The van der Waals surface area contributed by atoms with Gasteiger partial charge in [-0.15, -0.1) is 11.3 Å². The van der Waals surface area contributed by atoms with Gasteiger partial charge in [-0.2, -0.15) is 0 Å². The summed E-state index contributed by atoms with van der Waals surface area (Å²) in [6, 6.07) is 13.4. The summed E-state index contributed by atoms with van der Waals surface area (Å²) in [5.74, 6) is -0.488. The molecule has 3 aromatic rings. The predicted molar refractivity (Wildman–Crippen MR) is 107 cm³/mol. The van der Waals surface area contributed by atoms with Crippen molar-refractivity contribution in [3.8, 4) is 0 Å². The molecule has 0 radical (unpaired) electrons. The van der Waals surface area contributed by atoms with E-state index in [2.05, 4.69) is 10.3 Å². The first kappa shape index (κ1) is 19.0. The Morgan fingerprint density at radius 2 is 1.96 bits per heavy atom. The van der Waals surface area contributed by atoms with Gasteiger partial charge in [-0.05, 0) is 29.8 Å². The largest absolute Gasteiger partial charge is 0.383 e. The number of rotatable bonds is 7. The van der Waals surface area contributed by atoms with Gasteiger partial charge in [-0.1, -0.05) is 30.3 Å². The highest BCUT2D eigenvalue weighted by atomic mass is 32.1. The van der Waals surface area contributed by atoms with Crippen LogP contribution in [0, 0.1) is 6.92 Å². The molecule has 0 saturated heterocycles. The number of methoxy groups -OCH3 is 1. The van der Waals surface area contributed by atoms with Crippen LogP contribution in [0.1, 0.15) is 15.2 Å². The van der Waals surface area contributed by atoms with E-state index >= 15 is 0 Å². The van der Waals surface area contributed by atoms with Crippen molar-refractivity contribution >= 4 is 39.1 Å². The van der Waals surface area contributed by atoms with Crippen LogP contribution in [0.5, 0.6) is 0 Å². The Bertz CT molecular complexity index is 954. The number of aromatic nitrogens is 1. The smallest absolute Gasteiger partial charge is 0.254 e. The van der Waals surface area contributed by atoms with Crippen LogP contribution in [0.3, 0.4) is 0 Å². The van der Waals surface area contributed by atoms with Gasteiger partial charge in [0.05, 0.1) is 6.61 Å². The molecule has 0 atom stereocenters. The van der Waals surface area contributed by atoms with E-state index in [1.165, 1.54) is 16.2 Å². The molecule has 1 aromatic heterocycles. The number of nitrogens with zero attached hydrogens (tertiary/aromatic N) is 2. The number of hydrogen-bond donors (Lipinski definition) is 1. The van der Waals surface area contributed by atoms with Crippen LogP contribution >= 0.6 is 11.3 Å². The Balaban J connectivity index is 1.75. The van der Waals surface area contributed by atoms with E-state index in [1.807, 2.05) is 43.3 Å². The molecule has 3 rings (SSSR count). The summed E-state index contributed by atoms with van der Waals surface area (Å²) >= 11 is 1.40. The highest BCUT2D eigenvalue weighted by Crippen LogP contribution is 2.18. The fourth-order valence-electron chi connectivity index (χ4n) is 2.70. The first-order chi connectivity index (χ1) is 13.1. The number of hydrogen-bond acceptors (Lipinski definition) is 5. The van der Waals surface area contributed by atoms with Crippen LogP contribution in [-0.2, 0) is 9.53 Å². The van der Waals surface area contributed by atoms with Gasteiger partial charge in [0.2, 0.25) is 5.91 Å². The Morgan fingerprint density at radius 1 is 1.19 bits per heavy atom. The summed E-state index contributed by atoms with van der Waals surface area (Å²) in [4.78, 5) is 31.9. The topological polar surface area (TPSA) is 71.5 Å². The quantitative estimate of drug-likeness (QED) is 0.679. The van der Waals surface area contributed by atoms with E-state index in [0.29, 0.717) is 23.8 Å². The summed E-state index contributed by atoms with van der Waals surface area (Å²) in [5, 5.41) is 5.32. The summed E-state index contributed by atoms with van der Waals surface area (Å²) < 4.78 is 5.10. The van der Waals surface area contributed by atoms with Gasteiger partial charge in [0, 0.05) is 30.3 Å². The van der Waals surface area contributed by atoms with Gasteiger partial charge in [0.1, 0.15) is 6.54 Å². The third kappa shape index (κ3) is 4.90. The van der Waals surface area contributed by atoms with Crippen molar-refractivity contribution in [3.05, 3.63) is 59.1 Å². The van der Waals surface area contributed by atoms with Crippen molar-refractivity contribution in [2.24, 2.45) is 0 Å². The summed E-state index contributed by atoms with van der Waals surface area (Å²) in [6.07, 6.45) is 1.70. The second-order valence-electron chi connectivity index (χ2n) is 6.11. The molecule has 0 aliphatic heterocycles.